The Bertz CT molecular complexity index is 606. The summed E-state index contributed by atoms with van der Waals surface area (Å²) >= 11 is 7.88. The van der Waals surface area contributed by atoms with Crippen LogP contribution in [0.4, 0.5) is 0 Å². The maximum atomic E-state index is 6.24. The van der Waals surface area contributed by atoms with E-state index in [1.54, 1.807) is 11.8 Å². The van der Waals surface area contributed by atoms with E-state index in [1.165, 1.54) is 5.57 Å². The lowest BCUT2D eigenvalue weighted by Crippen LogP contribution is -2.12. The second-order valence-electron chi connectivity index (χ2n) is 4.63. The van der Waals surface area contributed by atoms with Crippen LogP contribution in [0.25, 0.3) is 5.57 Å². The van der Waals surface area contributed by atoms with Crippen molar-refractivity contribution in [1.29, 1.82) is 0 Å². The Labute approximate surface area is 128 Å². The van der Waals surface area contributed by atoms with E-state index in [-0.39, 0.29) is 4.71 Å². The normalized spacial score (nSPS) is 22.5. The number of thioether (sulfide) groups is 1. The van der Waals surface area contributed by atoms with E-state index in [2.05, 4.69) is 17.5 Å². The van der Waals surface area contributed by atoms with Crippen LogP contribution in [-0.2, 0) is 0 Å². The Morgan fingerprint density at radius 1 is 1.40 bits per heavy atom. The van der Waals surface area contributed by atoms with Gasteiger partial charge in [0.2, 0.25) is 0 Å². The summed E-state index contributed by atoms with van der Waals surface area (Å²) in [6.45, 7) is 0.958. The molecule has 4 heteroatoms. The molecule has 0 fully saturated rings. The van der Waals surface area contributed by atoms with E-state index in [0.717, 1.165) is 34.9 Å². The number of para-hydroxylation sites is 1. The summed E-state index contributed by atoms with van der Waals surface area (Å²) in [4.78, 5) is 1.14. The van der Waals surface area contributed by atoms with Crippen LogP contribution in [0.15, 0.2) is 53.2 Å². The summed E-state index contributed by atoms with van der Waals surface area (Å²) < 4.78 is 5.95. The van der Waals surface area contributed by atoms with Crippen molar-refractivity contribution in [1.82, 2.24) is 5.32 Å². The van der Waals surface area contributed by atoms with Crippen LogP contribution in [0, 0.1) is 0 Å². The molecular formula is C16H16ClNOS. The van der Waals surface area contributed by atoms with Crippen molar-refractivity contribution in [3.05, 3.63) is 58.7 Å². The lowest BCUT2D eigenvalue weighted by atomic mass is 10.00. The van der Waals surface area contributed by atoms with Gasteiger partial charge in [-0.3, -0.25) is 0 Å². The van der Waals surface area contributed by atoms with Gasteiger partial charge in [0, 0.05) is 5.56 Å². The predicted octanol–water partition coefficient (Wildman–Crippen LogP) is 4.15. The SMILES string of the molecule is CNCCC=C1C2=C(C=CC(Cl)S2)Oc2ccccc21. The van der Waals surface area contributed by atoms with Crippen LogP contribution in [0.1, 0.15) is 12.0 Å². The Morgan fingerprint density at radius 2 is 2.25 bits per heavy atom. The largest absolute Gasteiger partial charge is 0.456 e. The lowest BCUT2D eigenvalue weighted by molar-refractivity contribution is 0.437. The number of ether oxygens (including phenoxy) is 1. The van der Waals surface area contributed by atoms with Crippen molar-refractivity contribution in [2.45, 2.75) is 11.1 Å². The van der Waals surface area contributed by atoms with Crippen molar-refractivity contribution in [3.8, 4) is 5.75 Å². The zero-order valence-electron chi connectivity index (χ0n) is 11.2. The zero-order valence-corrected chi connectivity index (χ0v) is 12.8. The molecule has 1 aromatic rings. The van der Waals surface area contributed by atoms with Crippen molar-refractivity contribution in [2.75, 3.05) is 13.6 Å². The van der Waals surface area contributed by atoms with Crippen molar-refractivity contribution < 1.29 is 4.74 Å². The molecule has 2 nitrogen and oxygen atoms in total. The number of hydrogen-bond donors (Lipinski definition) is 1. The number of alkyl halides is 1. The van der Waals surface area contributed by atoms with Crippen LogP contribution in [-0.4, -0.2) is 18.3 Å². The number of hydrogen-bond acceptors (Lipinski definition) is 3. The average molecular weight is 306 g/mol. The van der Waals surface area contributed by atoms with E-state index in [1.807, 2.05) is 37.4 Å². The van der Waals surface area contributed by atoms with E-state index >= 15 is 0 Å². The minimum absolute atomic E-state index is 0.0321. The summed E-state index contributed by atoms with van der Waals surface area (Å²) in [5, 5.41) is 3.17. The van der Waals surface area contributed by atoms with Gasteiger partial charge in [-0.25, -0.2) is 0 Å². The molecule has 2 aliphatic rings. The second-order valence-corrected chi connectivity index (χ2v) is 6.51. The van der Waals surface area contributed by atoms with Crippen LogP contribution in [0.2, 0.25) is 0 Å². The maximum Gasteiger partial charge on any atom is 0.141 e. The number of halogens is 1. The molecule has 1 unspecified atom stereocenters. The van der Waals surface area contributed by atoms with E-state index in [4.69, 9.17) is 16.3 Å². The summed E-state index contributed by atoms with van der Waals surface area (Å²) in [6.07, 6.45) is 7.19. The Balaban J connectivity index is 2.03. The Hall–Kier alpha value is -1.16. The minimum atomic E-state index is -0.0321. The number of allylic oxidation sites excluding steroid dienone is 2. The van der Waals surface area contributed by atoms with Gasteiger partial charge in [-0.15, -0.1) is 11.6 Å². The molecular weight excluding hydrogens is 290 g/mol. The number of rotatable bonds is 3. The van der Waals surface area contributed by atoms with Crippen molar-refractivity contribution in [3.63, 3.8) is 0 Å². The van der Waals surface area contributed by atoms with Gasteiger partial charge >= 0.3 is 0 Å². The molecule has 1 atom stereocenters. The van der Waals surface area contributed by atoms with Gasteiger partial charge in [-0.1, -0.05) is 42.1 Å². The van der Waals surface area contributed by atoms with Gasteiger partial charge in [0.1, 0.15) is 16.2 Å². The van der Waals surface area contributed by atoms with Crippen LogP contribution in [0.5, 0.6) is 5.75 Å². The smallest absolute Gasteiger partial charge is 0.141 e. The van der Waals surface area contributed by atoms with Crippen molar-refractivity contribution >= 4 is 28.9 Å². The highest BCUT2D eigenvalue weighted by molar-refractivity contribution is 8.05. The molecule has 1 aromatic carbocycles. The molecule has 0 aromatic heterocycles. The second kappa shape index (κ2) is 6.08. The number of nitrogens with one attached hydrogen (secondary N) is 1. The minimum Gasteiger partial charge on any atom is -0.456 e. The van der Waals surface area contributed by atoms with Crippen LogP contribution < -0.4 is 10.1 Å². The summed E-state index contributed by atoms with van der Waals surface area (Å²) in [7, 11) is 1.97. The van der Waals surface area contributed by atoms with E-state index < -0.39 is 0 Å². The lowest BCUT2D eigenvalue weighted by Gasteiger charge is -2.27. The highest BCUT2D eigenvalue weighted by atomic mass is 35.5. The molecule has 0 amide bonds. The molecule has 0 aliphatic carbocycles. The first-order valence-electron chi connectivity index (χ1n) is 6.65. The first-order chi connectivity index (χ1) is 9.79. The maximum absolute atomic E-state index is 6.24. The third-order valence-corrected chi connectivity index (χ3v) is 4.69. The molecule has 2 aliphatic heterocycles. The van der Waals surface area contributed by atoms with Gasteiger partial charge in [-0.2, -0.15) is 0 Å². The fourth-order valence-corrected chi connectivity index (χ4v) is 3.58. The fraction of sp³-hybridized carbons (Fsp3) is 0.250. The summed E-state index contributed by atoms with van der Waals surface area (Å²) in [5.74, 6) is 1.82. The van der Waals surface area contributed by atoms with Gasteiger partial charge in [0.05, 0.1) is 4.91 Å². The highest BCUT2D eigenvalue weighted by Gasteiger charge is 2.27. The Morgan fingerprint density at radius 3 is 3.10 bits per heavy atom. The van der Waals surface area contributed by atoms with E-state index in [9.17, 15) is 0 Å². The quantitative estimate of drug-likeness (QED) is 0.669. The molecule has 0 radical (unpaired) electrons. The number of benzene rings is 1. The summed E-state index contributed by atoms with van der Waals surface area (Å²) in [5.41, 5.74) is 2.38. The molecule has 0 spiro atoms. The Kier molecular flexibility index (Phi) is 4.20. The molecule has 2 heterocycles. The van der Waals surface area contributed by atoms with Crippen LogP contribution >= 0.6 is 23.4 Å². The fourth-order valence-electron chi connectivity index (χ4n) is 2.31. The van der Waals surface area contributed by atoms with E-state index in [0.29, 0.717) is 0 Å². The molecule has 0 bridgehead atoms. The molecule has 0 saturated heterocycles. The molecule has 20 heavy (non-hydrogen) atoms. The van der Waals surface area contributed by atoms with Gasteiger partial charge < -0.3 is 10.1 Å². The van der Waals surface area contributed by atoms with Gasteiger partial charge in [0.25, 0.3) is 0 Å². The first-order valence-corrected chi connectivity index (χ1v) is 7.97. The molecule has 104 valence electrons. The third kappa shape index (κ3) is 2.66. The molecule has 1 N–H and O–H groups in total. The molecule has 3 rings (SSSR count). The zero-order chi connectivity index (χ0) is 13.9. The van der Waals surface area contributed by atoms with Crippen molar-refractivity contribution in [2.24, 2.45) is 0 Å². The van der Waals surface area contributed by atoms with Gasteiger partial charge in [-0.05, 0) is 37.7 Å². The van der Waals surface area contributed by atoms with Gasteiger partial charge in [0.15, 0.2) is 0 Å². The summed E-state index contributed by atoms with van der Waals surface area (Å²) in [6, 6.07) is 8.16. The highest BCUT2D eigenvalue weighted by Crippen LogP contribution is 2.47. The topological polar surface area (TPSA) is 21.3 Å². The third-order valence-electron chi connectivity index (χ3n) is 3.24. The predicted molar refractivity (Wildman–Crippen MR) is 87.0 cm³/mol. The monoisotopic (exact) mass is 305 g/mol. The standard InChI is InChI=1S/C16H16ClNOS/c1-18-10-4-6-12-11-5-2-3-7-13(11)19-14-8-9-15(17)20-16(12)14/h2-3,5-9,15,18H,4,10H2,1H3. The first kappa shape index (κ1) is 13.8. The molecule has 0 saturated carbocycles. The van der Waals surface area contributed by atoms with Crippen LogP contribution in [0.3, 0.4) is 0 Å². The average Bonchev–Trinajstić information content (AvgIpc) is 2.47. The number of fused-ring (bicyclic) bond motifs is 1.